The molecule has 25 heavy (non-hydrogen) atoms. The highest BCUT2D eigenvalue weighted by atomic mass is 16.5. The van der Waals surface area contributed by atoms with Crippen LogP contribution in [-0.4, -0.2) is 19.4 Å². The second-order valence-electron chi connectivity index (χ2n) is 7.17. The van der Waals surface area contributed by atoms with Crippen LogP contribution in [0.2, 0.25) is 0 Å². The molecule has 0 saturated heterocycles. The van der Waals surface area contributed by atoms with Crippen LogP contribution in [0, 0.1) is 0 Å². The standard InChI is InChI=1S/C22H25NO2/c1-25-18-11-9-17(10-12-18)23-21-7-5-3-2-4-6-19(21)20-14-16(15-24)8-13-22(20)23/h8-15,19,21H,2-7H2,1H3. The van der Waals surface area contributed by atoms with Crippen LogP contribution in [0.1, 0.15) is 60.4 Å². The molecule has 2 atom stereocenters. The minimum atomic E-state index is 0.491. The number of aldehydes is 1. The summed E-state index contributed by atoms with van der Waals surface area (Å²) in [5.41, 5.74) is 4.63. The first-order valence-electron chi connectivity index (χ1n) is 9.34. The van der Waals surface area contributed by atoms with E-state index in [1.165, 1.54) is 55.5 Å². The van der Waals surface area contributed by atoms with Gasteiger partial charge in [0.1, 0.15) is 12.0 Å². The molecule has 1 heterocycles. The smallest absolute Gasteiger partial charge is 0.150 e. The molecule has 1 saturated carbocycles. The van der Waals surface area contributed by atoms with E-state index in [2.05, 4.69) is 29.2 Å². The lowest BCUT2D eigenvalue weighted by molar-refractivity contribution is 0.112. The Morgan fingerprint density at radius 3 is 2.48 bits per heavy atom. The minimum absolute atomic E-state index is 0.491. The summed E-state index contributed by atoms with van der Waals surface area (Å²) >= 11 is 0. The fourth-order valence-corrected chi connectivity index (χ4v) is 4.55. The fraction of sp³-hybridized carbons (Fsp3) is 0.409. The summed E-state index contributed by atoms with van der Waals surface area (Å²) < 4.78 is 5.32. The van der Waals surface area contributed by atoms with E-state index in [9.17, 15) is 4.79 Å². The van der Waals surface area contributed by atoms with Crippen molar-refractivity contribution >= 4 is 17.7 Å². The van der Waals surface area contributed by atoms with Gasteiger partial charge in [0.15, 0.2) is 0 Å². The van der Waals surface area contributed by atoms with E-state index in [0.29, 0.717) is 12.0 Å². The number of hydrogen-bond acceptors (Lipinski definition) is 3. The van der Waals surface area contributed by atoms with Crippen LogP contribution in [0.15, 0.2) is 42.5 Å². The highest BCUT2D eigenvalue weighted by molar-refractivity contribution is 5.80. The van der Waals surface area contributed by atoms with Crippen LogP contribution in [-0.2, 0) is 0 Å². The van der Waals surface area contributed by atoms with Crippen molar-refractivity contribution in [2.24, 2.45) is 0 Å². The van der Waals surface area contributed by atoms with Gasteiger partial charge in [-0.3, -0.25) is 4.79 Å². The lowest BCUT2D eigenvalue weighted by Gasteiger charge is -2.32. The Balaban J connectivity index is 1.79. The third-order valence-electron chi connectivity index (χ3n) is 5.76. The number of methoxy groups -OCH3 is 1. The lowest BCUT2D eigenvalue weighted by Crippen LogP contribution is -2.30. The number of anilines is 2. The summed E-state index contributed by atoms with van der Waals surface area (Å²) in [4.78, 5) is 13.8. The van der Waals surface area contributed by atoms with Crippen LogP contribution in [0.4, 0.5) is 11.4 Å². The maximum absolute atomic E-state index is 11.3. The van der Waals surface area contributed by atoms with E-state index in [1.807, 2.05) is 18.2 Å². The Morgan fingerprint density at radius 2 is 1.76 bits per heavy atom. The summed E-state index contributed by atoms with van der Waals surface area (Å²) in [5.74, 6) is 1.41. The summed E-state index contributed by atoms with van der Waals surface area (Å²) in [6.07, 6.45) is 8.61. The number of carbonyl (C=O) groups excluding carboxylic acids is 1. The van der Waals surface area contributed by atoms with E-state index in [1.54, 1.807) is 7.11 Å². The second-order valence-corrected chi connectivity index (χ2v) is 7.17. The van der Waals surface area contributed by atoms with E-state index in [-0.39, 0.29) is 0 Å². The van der Waals surface area contributed by atoms with Crippen molar-refractivity contribution in [1.82, 2.24) is 0 Å². The predicted molar refractivity (Wildman–Crippen MR) is 101 cm³/mol. The van der Waals surface area contributed by atoms with Gasteiger partial charge in [-0.25, -0.2) is 0 Å². The van der Waals surface area contributed by atoms with E-state index >= 15 is 0 Å². The number of fused-ring (bicyclic) bond motifs is 3. The maximum atomic E-state index is 11.3. The number of ether oxygens (including phenoxy) is 1. The molecular formula is C22H25NO2. The molecule has 2 aliphatic rings. The van der Waals surface area contributed by atoms with Crippen LogP contribution < -0.4 is 9.64 Å². The third-order valence-corrected chi connectivity index (χ3v) is 5.76. The van der Waals surface area contributed by atoms with Gasteiger partial charge < -0.3 is 9.64 Å². The van der Waals surface area contributed by atoms with E-state index in [4.69, 9.17) is 4.74 Å². The topological polar surface area (TPSA) is 29.5 Å². The van der Waals surface area contributed by atoms with Crippen molar-refractivity contribution in [2.45, 2.75) is 50.5 Å². The molecule has 0 N–H and O–H groups in total. The van der Waals surface area contributed by atoms with Crippen molar-refractivity contribution in [3.05, 3.63) is 53.6 Å². The molecule has 1 fully saturated rings. The van der Waals surface area contributed by atoms with Gasteiger partial charge >= 0.3 is 0 Å². The van der Waals surface area contributed by atoms with Crippen LogP contribution in [0.25, 0.3) is 0 Å². The Labute approximate surface area is 149 Å². The van der Waals surface area contributed by atoms with Gasteiger partial charge in [-0.15, -0.1) is 0 Å². The molecule has 2 aromatic carbocycles. The molecule has 2 aromatic rings. The Hall–Kier alpha value is -2.29. The zero-order chi connectivity index (χ0) is 17.2. The Morgan fingerprint density at radius 1 is 1.00 bits per heavy atom. The molecule has 0 bridgehead atoms. The quantitative estimate of drug-likeness (QED) is 0.697. The lowest BCUT2D eigenvalue weighted by atomic mass is 9.84. The summed E-state index contributed by atoms with van der Waals surface area (Å²) in [5, 5.41) is 0. The van der Waals surface area contributed by atoms with Crippen molar-refractivity contribution in [2.75, 3.05) is 12.0 Å². The van der Waals surface area contributed by atoms with Crippen LogP contribution in [0.3, 0.4) is 0 Å². The summed E-state index contributed by atoms with van der Waals surface area (Å²) in [6, 6.07) is 15.1. The van der Waals surface area contributed by atoms with Gasteiger partial charge in [-0.2, -0.15) is 0 Å². The van der Waals surface area contributed by atoms with Gasteiger partial charge in [0.05, 0.1) is 7.11 Å². The van der Waals surface area contributed by atoms with E-state index in [0.717, 1.165) is 17.6 Å². The summed E-state index contributed by atoms with van der Waals surface area (Å²) in [6.45, 7) is 0. The van der Waals surface area contributed by atoms with Crippen molar-refractivity contribution in [3.8, 4) is 5.75 Å². The largest absolute Gasteiger partial charge is 0.497 e. The molecule has 0 amide bonds. The predicted octanol–water partition coefficient (Wildman–Crippen LogP) is 5.47. The first kappa shape index (κ1) is 16.2. The average Bonchev–Trinajstić information content (AvgIpc) is 2.93. The number of benzene rings is 2. The van der Waals surface area contributed by atoms with Crippen LogP contribution in [0.5, 0.6) is 5.75 Å². The van der Waals surface area contributed by atoms with Gasteiger partial charge in [0.2, 0.25) is 0 Å². The van der Waals surface area contributed by atoms with E-state index < -0.39 is 0 Å². The molecule has 3 heteroatoms. The Kier molecular flexibility index (Phi) is 4.48. The molecule has 4 rings (SSSR count). The minimum Gasteiger partial charge on any atom is -0.497 e. The van der Waals surface area contributed by atoms with Crippen LogP contribution >= 0.6 is 0 Å². The molecule has 1 aliphatic heterocycles. The number of carbonyl (C=O) groups is 1. The van der Waals surface area contributed by atoms with Crippen molar-refractivity contribution in [3.63, 3.8) is 0 Å². The first-order valence-corrected chi connectivity index (χ1v) is 9.34. The highest BCUT2D eigenvalue weighted by Gasteiger charge is 2.39. The Bertz CT molecular complexity index is 753. The summed E-state index contributed by atoms with van der Waals surface area (Å²) in [7, 11) is 1.70. The normalized spacial score (nSPS) is 22.5. The van der Waals surface area contributed by atoms with Gasteiger partial charge in [0, 0.05) is 28.9 Å². The maximum Gasteiger partial charge on any atom is 0.150 e. The monoisotopic (exact) mass is 335 g/mol. The second kappa shape index (κ2) is 6.91. The third kappa shape index (κ3) is 2.92. The fourth-order valence-electron chi connectivity index (χ4n) is 4.55. The first-order chi connectivity index (χ1) is 12.3. The number of hydrogen-bond donors (Lipinski definition) is 0. The molecule has 3 nitrogen and oxygen atoms in total. The number of rotatable bonds is 3. The van der Waals surface area contributed by atoms with Crippen molar-refractivity contribution in [1.29, 1.82) is 0 Å². The zero-order valence-electron chi connectivity index (χ0n) is 14.8. The van der Waals surface area contributed by atoms with Crippen molar-refractivity contribution < 1.29 is 9.53 Å². The number of nitrogens with zero attached hydrogens (tertiary/aromatic N) is 1. The molecule has 0 aromatic heterocycles. The van der Waals surface area contributed by atoms with Gasteiger partial charge in [0.25, 0.3) is 0 Å². The SMILES string of the molecule is COc1ccc(N2c3ccc(C=O)cc3C3CCCCCCC32)cc1. The van der Waals surface area contributed by atoms with Gasteiger partial charge in [-0.05, 0) is 60.9 Å². The molecule has 2 unspecified atom stereocenters. The molecule has 0 radical (unpaired) electrons. The highest BCUT2D eigenvalue weighted by Crippen LogP contribution is 2.50. The zero-order valence-corrected chi connectivity index (χ0v) is 14.8. The molecule has 0 spiro atoms. The molecule has 1 aliphatic carbocycles. The average molecular weight is 335 g/mol. The van der Waals surface area contributed by atoms with Gasteiger partial charge in [-0.1, -0.05) is 25.7 Å². The molecular weight excluding hydrogens is 310 g/mol. The molecule has 130 valence electrons.